The maximum Gasteiger partial charge on any atom is 0.419 e. The molecule has 0 aliphatic heterocycles. The fraction of sp³-hybridized carbons (Fsp3) is 0.143. The van der Waals surface area contributed by atoms with Crippen molar-refractivity contribution in [2.24, 2.45) is 0 Å². The smallest absolute Gasteiger partial charge is 0.419 e. The van der Waals surface area contributed by atoms with E-state index in [4.69, 9.17) is 9.15 Å². The molecule has 0 N–H and O–H groups in total. The van der Waals surface area contributed by atoms with Gasteiger partial charge in [0.2, 0.25) is 0 Å². The van der Waals surface area contributed by atoms with Gasteiger partial charge in [-0.25, -0.2) is 14.5 Å². The van der Waals surface area contributed by atoms with Gasteiger partial charge in [-0.1, -0.05) is 17.7 Å². The van der Waals surface area contributed by atoms with Crippen LogP contribution in [0.1, 0.15) is 11.1 Å². The summed E-state index contributed by atoms with van der Waals surface area (Å²) < 4.78 is 11.4. The predicted molar refractivity (Wildman–Crippen MR) is 108 cm³/mol. The molecule has 2 aromatic carbocycles. The van der Waals surface area contributed by atoms with Crippen LogP contribution in [0.3, 0.4) is 0 Å². The van der Waals surface area contributed by atoms with E-state index in [1.54, 1.807) is 6.07 Å². The third kappa shape index (κ3) is 3.08. The van der Waals surface area contributed by atoms with E-state index in [1.807, 2.05) is 44.2 Å². The number of methoxy groups -OCH3 is 1. The molecule has 0 aliphatic rings. The Morgan fingerprint density at radius 3 is 2.67 bits per heavy atom. The van der Waals surface area contributed by atoms with Crippen molar-refractivity contribution < 1.29 is 13.9 Å². The van der Waals surface area contributed by atoms with Crippen LogP contribution in [0.25, 0.3) is 21.1 Å². The Hall–Kier alpha value is -3.12. The number of ether oxygens (including phenoxy) is 1. The molecule has 0 radical (unpaired) electrons. The molecular formula is C21H17NO4S. The molecule has 0 spiro atoms. The molecule has 5 nitrogen and oxygen atoms in total. The summed E-state index contributed by atoms with van der Waals surface area (Å²) >= 11 is 1.50. The topological polar surface area (TPSA) is 59.8 Å². The average molecular weight is 379 g/mol. The highest BCUT2D eigenvalue weighted by molar-refractivity contribution is 7.23. The van der Waals surface area contributed by atoms with Crippen LogP contribution in [0.15, 0.2) is 57.7 Å². The Bertz CT molecular complexity index is 1240. The highest BCUT2D eigenvalue weighted by Gasteiger charge is 2.22. The number of carbonyl (C=O) groups excluding carboxylic acids is 1. The van der Waals surface area contributed by atoms with Gasteiger partial charge < -0.3 is 9.15 Å². The third-order valence-corrected chi connectivity index (χ3v) is 5.53. The van der Waals surface area contributed by atoms with Crippen LogP contribution in [-0.4, -0.2) is 13.2 Å². The Balaban J connectivity index is 1.90. The molecule has 2 heterocycles. The largest absolute Gasteiger partial charge is 0.452 e. The number of rotatable bonds is 2. The monoisotopic (exact) mass is 379 g/mol. The van der Waals surface area contributed by atoms with Crippen LogP contribution in [-0.2, 0) is 4.74 Å². The maximum absolute atomic E-state index is 12.5. The SMILES string of the molecule is COC(=O)N(c1ccc2c(C)cc(=O)oc2c1)c1cc2cc(C)ccc2s1. The molecule has 27 heavy (non-hydrogen) atoms. The summed E-state index contributed by atoms with van der Waals surface area (Å²) in [7, 11) is 1.35. The number of benzene rings is 2. The fourth-order valence-corrected chi connectivity index (χ4v) is 4.18. The molecule has 4 aromatic rings. The lowest BCUT2D eigenvalue weighted by molar-refractivity contribution is 0.182. The van der Waals surface area contributed by atoms with Crippen LogP contribution in [0.4, 0.5) is 15.5 Å². The van der Waals surface area contributed by atoms with Crippen molar-refractivity contribution in [1.82, 2.24) is 0 Å². The van der Waals surface area contributed by atoms with Crippen molar-refractivity contribution in [2.75, 3.05) is 12.0 Å². The second-order valence-corrected chi connectivity index (χ2v) is 7.42. The molecule has 0 unspecified atom stereocenters. The first kappa shape index (κ1) is 17.3. The number of hydrogen-bond acceptors (Lipinski definition) is 5. The number of carbonyl (C=O) groups is 1. The molecule has 0 aliphatic carbocycles. The van der Waals surface area contributed by atoms with E-state index in [0.717, 1.165) is 31.6 Å². The van der Waals surface area contributed by atoms with E-state index in [2.05, 4.69) is 6.07 Å². The van der Waals surface area contributed by atoms with Crippen molar-refractivity contribution in [2.45, 2.75) is 13.8 Å². The summed E-state index contributed by atoms with van der Waals surface area (Å²) in [5.74, 6) is 0. The van der Waals surface area contributed by atoms with Gasteiger partial charge in [-0.2, -0.15) is 0 Å². The van der Waals surface area contributed by atoms with Gasteiger partial charge in [0.1, 0.15) is 10.6 Å². The van der Waals surface area contributed by atoms with Crippen LogP contribution in [0.5, 0.6) is 0 Å². The number of amides is 1. The van der Waals surface area contributed by atoms with Crippen molar-refractivity contribution in [3.8, 4) is 0 Å². The van der Waals surface area contributed by atoms with Gasteiger partial charge in [0.15, 0.2) is 0 Å². The maximum atomic E-state index is 12.5. The molecule has 136 valence electrons. The van der Waals surface area contributed by atoms with Crippen molar-refractivity contribution >= 4 is 49.2 Å². The molecule has 2 aromatic heterocycles. The first-order chi connectivity index (χ1) is 13.0. The number of anilines is 2. The van der Waals surface area contributed by atoms with Crippen LogP contribution >= 0.6 is 11.3 Å². The third-order valence-electron chi connectivity index (χ3n) is 4.43. The molecule has 0 fully saturated rings. The number of thiophene rings is 1. The minimum absolute atomic E-state index is 0.417. The van der Waals surface area contributed by atoms with Gasteiger partial charge in [0.05, 0.1) is 12.8 Å². The zero-order valence-electron chi connectivity index (χ0n) is 15.1. The summed E-state index contributed by atoms with van der Waals surface area (Å²) in [4.78, 5) is 25.8. The number of fused-ring (bicyclic) bond motifs is 2. The summed E-state index contributed by atoms with van der Waals surface area (Å²) in [6.07, 6.45) is -0.507. The van der Waals surface area contributed by atoms with Gasteiger partial charge in [-0.15, -0.1) is 11.3 Å². The molecule has 0 saturated heterocycles. The van der Waals surface area contributed by atoms with Crippen molar-refractivity contribution in [1.29, 1.82) is 0 Å². The standard InChI is InChI=1S/C21H17NO4S/c1-12-4-7-18-14(8-12)10-19(27-18)22(21(24)25-3)15-5-6-16-13(2)9-20(23)26-17(16)11-15/h4-11H,1-3H3. The predicted octanol–water partition coefficient (Wildman–Crippen LogP) is 5.53. The zero-order chi connectivity index (χ0) is 19.1. The van der Waals surface area contributed by atoms with Crippen LogP contribution in [0.2, 0.25) is 0 Å². The number of nitrogens with zero attached hydrogens (tertiary/aromatic N) is 1. The van der Waals surface area contributed by atoms with E-state index < -0.39 is 11.7 Å². The molecule has 0 bridgehead atoms. The highest BCUT2D eigenvalue weighted by atomic mass is 32.1. The van der Waals surface area contributed by atoms with Gasteiger partial charge in [-0.3, -0.25) is 0 Å². The molecule has 0 saturated carbocycles. The van der Waals surface area contributed by atoms with Crippen molar-refractivity contribution in [3.05, 3.63) is 70.1 Å². The average Bonchev–Trinajstić information content (AvgIpc) is 3.03. The lowest BCUT2D eigenvalue weighted by Gasteiger charge is -2.19. The highest BCUT2D eigenvalue weighted by Crippen LogP contribution is 2.38. The van der Waals surface area contributed by atoms with Gasteiger partial charge in [0, 0.05) is 22.2 Å². The van der Waals surface area contributed by atoms with Crippen molar-refractivity contribution in [3.63, 3.8) is 0 Å². The summed E-state index contributed by atoms with van der Waals surface area (Å²) in [5.41, 5.74) is 2.57. The second-order valence-electron chi connectivity index (χ2n) is 6.36. The summed E-state index contributed by atoms with van der Waals surface area (Å²) in [6, 6.07) is 14.9. The van der Waals surface area contributed by atoms with Gasteiger partial charge in [-0.05, 0) is 49.1 Å². The van der Waals surface area contributed by atoms with E-state index in [1.165, 1.54) is 29.4 Å². The van der Waals surface area contributed by atoms with Gasteiger partial charge >= 0.3 is 11.7 Å². The number of aryl methyl sites for hydroxylation is 2. The normalized spacial score (nSPS) is 11.1. The summed E-state index contributed by atoms with van der Waals surface area (Å²) in [6.45, 7) is 3.88. The quantitative estimate of drug-likeness (QED) is 0.430. The fourth-order valence-electron chi connectivity index (χ4n) is 3.13. The van der Waals surface area contributed by atoms with E-state index >= 15 is 0 Å². The molecule has 1 amide bonds. The first-order valence-corrected chi connectivity index (χ1v) is 9.21. The van der Waals surface area contributed by atoms with E-state index in [-0.39, 0.29) is 0 Å². The molecule has 6 heteroatoms. The number of hydrogen-bond donors (Lipinski definition) is 0. The second kappa shape index (κ2) is 6.55. The lowest BCUT2D eigenvalue weighted by Crippen LogP contribution is -2.24. The Labute approximate surface area is 159 Å². The van der Waals surface area contributed by atoms with Gasteiger partial charge in [0.25, 0.3) is 0 Å². The van der Waals surface area contributed by atoms with E-state index in [0.29, 0.717) is 11.3 Å². The molecule has 0 atom stereocenters. The Morgan fingerprint density at radius 1 is 1.07 bits per heavy atom. The molecule has 4 rings (SSSR count). The zero-order valence-corrected chi connectivity index (χ0v) is 15.9. The van der Waals surface area contributed by atoms with Crippen LogP contribution < -0.4 is 10.5 Å². The first-order valence-electron chi connectivity index (χ1n) is 8.39. The Morgan fingerprint density at radius 2 is 1.89 bits per heavy atom. The van der Waals surface area contributed by atoms with E-state index in [9.17, 15) is 9.59 Å². The minimum atomic E-state index is -0.507. The summed E-state index contributed by atoms with van der Waals surface area (Å²) in [5, 5.41) is 2.62. The minimum Gasteiger partial charge on any atom is -0.452 e. The Kier molecular flexibility index (Phi) is 4.20. The van der Waals surface area contributed by atoms with Crippen LogP contribution in [0, 0.1) is 13.8 Å². The molecular weight excluding hydrogens is 362 g/mol. The lowest BCUT2D eigenvalue weighted by atomic mass is 10.1.